The normalized spacial score (nSPS) is 10.0. The smallest absolute Gasteiger partial charge is 0.224 e. The first kappa shape index (κ1) is 17.2. The summed E-state index contributed by atoms with van der Waals surface area (Å²) in [5.41, 5.74) is 1.73. The number of aryl methyl sites for hydroxylation is 1. The highest BCUT2D eigenvalue weighted by Gasteiger charge is 2.05. The van der Waals surface area contributed by atoms with Crippen LogP contribution in [0.15, 0.2) is 34.9 Å². The van der Waals surface area contributed by atoms with E-state index in [1.165, 1.54) is 0 Å². The average Bonchev–Trinajstić information content (AvgIpc) is 2.86. The SMILES string of the molecule is CNCCCC(=O)Nc1ccc(-c2cnc(C)o2)cc1.Cl. The van der Waals surface area contributed by atoms with E-state index in [-0.39, 0.29) is 18.3 Å². The second-order valence-corrected chi connectivity index (χ2v) is 4.58. The van der Waals surface area contributed by atoms with Gasteiger partial charge in [-0.25, -0.2) is 4.98 Å². The molecule has 0 fully saturated rings. The number of halogens is 1. The van der Waals surface area contributed by atoms with Crippen LogP contribution in [-0.4, -0.2) is 24.5 Å². The van der Waals surface area contributed by atoms with Crippen molar-refractivity contribution in [3.63, 3.8) is 0 Å². The molecule has 0 unspecified atom stereocenters. The number of hydrogen-bond donors (Lipinski definition) is 2. The number of rotatable bonds is 6. The van der Waals surface area contributed by atoms with Gasteiger partial charge in [0.25, 0.3) is 0 Å². The van der Waals surface area contributed by atoms with E-state index in [1.54, 1.807) is 6.20 Å². The van der Waals surface area contributed by atoms with Crippen LogP contribution in [0, 0.1) is 6.92 Å². The molecule has 6 heteroatoms. The lowest BCUT2D eigenvalue weighted by Crippen LogP contribution is -2.15. The molecule has 0 saturated carbocycles. The van der Waals surface area contributed by atoms with E-state index in [2.05, 4.69) is 15.6 Å². The number of amides is 1. The molecule has 1 amide bonds. The second kappa shape index (κ2) is 8.44. The number of hydrogen-bond acceptors (Lipinski definition) is 4. The third-order valence-electron chi connectivity index (χ3n) is 2.91. The summed E-state index contributed by atoms with van der Waals surface area (Å²) >= 11 is 0. The lowest BCUT2D eigenvalue weighted by Gasteiger charge is -2.05. The third-order valence-corrected chi connectivity index (χ3v) is 2.91. The van der Waals surface area contributed by atoms with Crippen molar-refractivity contribution in [2.45, 2.75) is 19.8 Å². The average molecular weight is 310 g/mol. The molecule has 0 aliphatic rings. The summed E-state index contributed by atoms with van der Waals surface area (Å²) < 4.78 is 5.45. The maximum Gasteiger partial charge on any atom is 0.224 e. The van der Waals surface area contributed by atoms with Gasteiger partial charge in [-0.1, -0.05) is 0 Å². The van der Waals surface area contributed by atoms with E-state index in [0.717, 1.165) is 30.0 Å². The number of nitrogens with one attached hydrogen (secondary N) is 2. The largest absolute Gasteiger partial charge is 0.441 e. The molecule has 0 atom stereocenters. The molecule has 0 bridgehead atoms. The summed E-state index contributed by atoms with van der Waals surface area (Å²) in [6.45, 7) is 2.65. The predicted molar refractivity (Wildman–Crippen MR) is 85.7 cm³/mol. The lowest BCUT2D eigenvalue weighted by atomic mass is 10.1. The summed E-state index contributed by atoms with van der Waals surface area (Å²) in [6.07, 6.45) is 3.04. The standard InChI is InChI=1S/C15H19N3O2.ClH/c1-11-17-10-14(20-11)12-5-7-13(8-6-12)18-15(19)4-3-9-16-2;/h5-8,10,16H,3-4,9H2,1-2H3,(H,18,19);1H. The van der Waals surface area contributed by atoms with E-state index < -0.39 is 0 Å². The molecule has 114 valence electrons. The number of anilines is 1. The van der Waals surface area contributed by atoms with Gasteiger partial charge in [0.2, 0.25) is 5.91 Å². The molecule has 0 saturated heterocycles. The van der Waals surface area contributed by atoms with E-state index in [9.17, 15) is 4.79 Å². The van der Waals surface area contributed by atoms with Crippen molar-refractivity contribution in [3.8, 4) is 11.3 Å². The number of carbonyl (C=O) groups is 1. The predicted octanol–water partition coefficient (Wildman–Crippen LogP) is 3.01. The van der Waals surface area contributed by atoms with Crippen molar-refractivity contribution in [3.05, 3.63) is 36.4 Å². The van der Waals surface area contributed by atoms with Gasteiger partial charge in [0.15, 0.2) is 11.7 Å². The highest BCUT2D eigenvalue weighted by atomic mass is 35.5. The Morgan fingerprint density at radius 1 is 1.29 bits per heavy atom. The number of nitrogens with zero attached hydrogens (tertiary/aromatic N) is 1. The second-order valence-electron chi connectivity index (χ2n) is 4.58. The van der Waals surface area contributed by atoms with Crippen LogP contribution in [0.4, 0.5) is 5.69 Å². The van der Waals surface area contributed by atoms with Crippen LogP contribution in [0.1, 0.15) is 18.7 Å². The molecule has 0 radical (unpaired) electrons. The molecule has 1 aromatic carbocycles. The van der Waals surface area contributed by atoms with Crippen LogP contribution in [0.2, 0.25) is 0 Å². The van der Waals surface area contributed by atoms with Crippen molar-refractivity contribution in [2.24, 2.45) is 0 Å². The first-order valence-corrected chi connectivity index (χ1v) is 6.66. The zero-order valence-corrected chi connectivity index (χ0v) is 13.0. The summed E-state index contributed by atoms with van der Waals surface area (Å²) in [5, 5.41) is 5.89. The molecular weight excluding hydrogens is 290 g/mol. The maximum absolute atomic E-state index is 11.7. The van der Waals surface area contributed by atoms with Gasteiger partial charge in [0.05, 0.1) is 6.20 Å². The molecule has 5 nitrogen and oxygen atoms in total. The fraction of sp³-hybridized carbons (Fsp3) is 0.333. The minimum atomic E-state index is 0. The Labute approximate surface area is 130 Å². The maximum atomic E-state index is 11.7. The Balaban J connectivity index is 0.00000220. The van der Waals surface area contributed by atoms with Crippen LogP contribution in [0.3, 0.4) is 0 Å². The fourth-order valence-corrected chi connectivity index (χ4v) is 1.86. The lowest BCUT2D eigenvalue weighted by molar-refractivity contribution is -0.116. The minimum absolute atomic E-state index is 0. The zero-order valence-electron chi connectivity index (χ0n) is 12.2. The van der Waals surface area contributed by atoms with Crippen molar-refractivity contribution < 1.29 is 9.21 Å². The van der Waals surface area contributed by atoms with E-state index in [1.807, 2.05) is 38.2 Å². The molecule has 1 aromatic heterocycles. The molecule has 0 aliphatic heterocycles. The first-order chi connectivity index (χ1) is 9.69. The van der Waals surface area contributed by atoms with Crippen LogP contribution in [0.25, 0.3) is 11.3 Å². The molecular formula is C15H20ClN3O2. The molecule has 0 aliphatic carbocycles. The van der Waals surface area contributed by atoms with E-state index in [0.29, 0.717) is 12.3 Å². The minimum Gasteiger partial charge on any atom is -0.441 e. The number of oxazole rings is 1. The van der Waals surface area contributed by atoms with Crippen LogP contribution < -0.4 is 10.6 Å². The summed E-state index contributed by atoms with van der Waals surface area (Å²) in [6, 6.07) is 7.54. The molecule has 2 aromatic rings. The fourth-order valence-electron chi connectivity index (χ4n) is 1.86. The van der Waals surface area contributed by atoms with Gasteiger partial charge in [0.1, 0.15) is 0 Å². The van der Waals surface area contributed by atoms with Gasteiger partial charge in [-0.3, -0.25) is 4.79 Å². The quantitative estimate of drug-likeness (QED) is 0.805. The molecule has 1 heterocycles. The van der Waals surface area contributed by atoms with Gasteiger partial charge in [-0.2, -0.15) is 0 Å². The zero-order chi connectivity index (χ0) is 14.4. The third kappa shape index (κ3) is 5.21. The van der Waals surface area contributed by atoms with Crippen LogP contribution >= 0.6 is 12.4 Å². The van der Waals surface area contributed by atoms with Gasteiger partial charge in [-0.15, -0.1) is 12.4 Å². The van der Waals surface area contributed by atoms with Crippen LogP contribution in [-0.2, 0) is 4.79 Å². The van der Waals surface area contributed by atoms with Gasteiger partial charge >= 0.3 is 0 Å². The first-order valence-electron chi connectivity index (χ1n) is 6.66. The van der Waals surface area contributed by atoms with Crippen LogP contribution in [0.5, 0.6) is 0 Å². The summed E-state index contributed by atoms with van der Waals surface area (Å²) in [4.78, 5) is 15.7. The molecule has 2 rings (SSSR count). The van der Waals surface area contributed by atoms with Gasteiger partial charge in [0, 0.05) is 24.6 Å². The summed E-state index contributed by atoms with van der Waals surface area (Å²) in [7, 11) is 1.88. The number of carbonyl (C=O) groups excluding carboxylic acids is 1. The monoisotopic (exact) mass is 309 g/mol. The molecule has 21 heavy (non-hydrogen) atoms. The molecule has 0 spiro atoms. The van der Waals surface area contributed by atoms with Gasteiger partial charge in [-0.05, 0) is 44.3 Å². The topological polar surface area (TPSA) is 67.2 Å². The Morgan fingerprint density at radius 2 is 2.00 bits per heavy atom. The number of aromatic nitrogens is 1. The Kier molecular flexibility index (Phi) is 6.91. The highest BCUT2D eigenvalue weighted by molar-refractivity contribution is 5.90. The van der Waals surface area contributed by atoms with E-state index in [4.69, 9.17) is 4.42 Å². The molecule has 2 N–H and O–H groups in total. The number of benzene rings is 1. The van der Waals surface area contributed by atoms with Crippen molar-refractivity contribution in [1.82, 2.24) is 10.3 Å². The summed E-state index contributed by atoms with van der Waals surface area (Å²) in [5.74, 6) is 1.40. The van der Waals surface area contributed by atoms with Crippen molar-refractivity contribution in [2.75, 3.05) is 18.9 Å². The highest BCUT2D eigenvalue weighted by Crippen LogP contribution is 2.22. The van der Waals surface area contributed by atoms with E-state index >= 15 is 0 Å². The Morgan fingerprint density at radius 3 is 2.57 bits per heavy atom. The van der Waals surface area contributed by atoms with Crippen molar-refractivity contribution >= 4 is 24.0 Å². The Bertz CT molecular complexity index is 567. The van der Waals surface area contributed by atoms with Crippen molar-refractivity contribution in [1.29, 1.82) is 0 Å². The Hall–Kier alpha value is -1.85. The van der Waals surface area contributed by atoms with Gasteiger partial charge < -0.3 is 15.1 Å².